The molecular formula is C24H28N2O5. The molecule has 0 fully saturated rings. The minimum absolute atomic E-state index is 0.142. The minimum atomic E-state index is -0.293. The molecule has 0 aliphatic carbocycles. The molecule has 2 aromatic rings. The number of hydrogen-bond donors (Lipinski definition) is 2. The van der Waals surface area contributed by atoms with Gasteiger partial charge in [0.25, 0.3) is 5.91 Å². The smallest absolute Gasteiger partial charge is 0.251 e. The summed E-state index contributed by atoms with van der Waals surface area (Å²) < 4.78 is 16.5. The number of benzene rings is 2. The zero-order valence-electron chi connectivity index (χ0n) is 18.3. The second-order valence-corrected chi connectivity index (χ2v) is 7.84. The fourth-order valence-electron chi connectivity index (χ4n) is 2.92. The van der Waals surface area contributed by atoms with Gasteiger partial charge in [0, 0.05) is 22.9 Å². The number of hydrogen-bond acceptors (Lipinski definition) is 5. The predicted octanol–water partition coefficient (Wildman–Crippen LogP) is 4.04. The maximum Gasteiger partial charge on any atom is 0.251 e. The van der Waals surface area contributed by atoms with Gasteiger partial charge in [-0.15, -0.1) is 0 Å². The Hall–Kier alpha value is -3.48. The standard InChI is InChI=1S/C24H28N2O5/c1-5-24(2,3)26-23(28)17-7-9-18(10-8-17)25-21(27)11-6-16-14-19(29-4)22-20(15-16)30-12-13-31-22/h6-11,14-15H,5,12-13H2,1-4H3,(H,25,27)(H,26,28)/b11-6+. The molecule has 0 unspecified atom stereocenters. The van der Waals surface area contributed by atoms with Crippen LogP contribution in [0, 0.1) is 0 Å². The van der Waals surface area contributed by atoms with Gasteiger partial charge in [0.15, 0.2) is 11.5 Å². The molecule has 1 heterocycles. The molecule has 0 radical (unpaired) electrons. The molecule has 1 aliphatic heterocycles. The number of anilines is 1. The van der Waals surface area contributed by atoms with Gasteiger partial charge >= 0.3 is 0 Å². The van der Waals surface area contributed by atoms with Gasteiger partial charge in [-0.1, -0.05) is 6.92 Å². The van der Waals surface area contributed by atoms with Crippen LogP contribution in [0.1, 0.15) is 43.1 Å². The van der Waals surface area contributed by atoms with E-state index in [2.05, 4.69) is 10.6 Å². The molecular weight excluding hydrogens is 396 g/mol. The number of carbonyl (C=O) groups excluding carboxylic acids is 2. The molecule has 164 valence electrons. The second kappa shape index (κ2) is 9.55. The number of ether oxygens (including phenoxy) is 3. The number of fused-ring (bicyclic) bond motifs is 1. The lowest BCUT2D eigenvalue weighted by Crippen LogP contribution is -2.42. The molecule has 2 aromatic carbocycles. The minimum Gasteiger partial charge on any atom is -0.493 e. The monoisotopic (exact) mass is 424 g/mol. The predicted molar refractivity (Wildman–Crippen MR) is 120 cm³/mol. The Bertz CT molecular complexity index is 963. The van der Waals surface area contributed by atoms with Crippen LogP contribution in [0.25, 0.3) is 6.08 Å². The van der Waals surface area contributed by atoms with E-state index in [1.165, 1.54) is 6.08 Å². The number of carbonyl (C=O) groups is 2. The molecule has 0 saturated heterocycles. The first-order valence-electron chi connectivity index (χ1n) is 10.2. The van der Waals surface area contributed by atoms with Crippen molar-refractivity contribution in [1.82, 2.24) is 5.32 Å². The first-order chi connectivity index (χ1) is 14.8. The average Bonchev–Trinajstić information content (AvgIpc) is 2.77. The highest BCUT2D eigenvalue weighted by atomic mass is 16.6. The highest BCUT2D eigenvalue weighted by Gasteiger charge is 2.19. The first-order valence-corrected chi connectivity index (χ1v) is 10.2. The van der Waals surface area contributed by atoms with E-state index in [-0.39, 0.29) is 17.4 Å². The summed E-state index contributed by atoms with van der Waals surface area (Å²) in [6, 6.07) is 10.4. The second-order valence-electron chi connectivity index (χ2n) is 7.84. The van der Waals surface area contributed by atoms with Gasteiger partial charge in [0.2, 0.25) is 11.7 Å². The average molecular weight is 424 g/mol. The third-order valence-corrected chi connectivity index (χ3v) is 5.03. The topological polar surface area (TPSA) is 85.9 Å². The van der Waals surface area contributed by atoms with Crippen LogP contribution in [0.4, 0.5) is 5.69 Å². The van der Waals surface area contributed by atoms with Crippen LogP contribution in [0.2, 0.25) is 0 Å². The lowest BCUT2D eigenvalue weighted by Gasteiger charge is -2.24. The fourth-order valence-corrected chi connectivity index (χ4v) is 2.92. The SMILES string of the molecule is CCC(C)(C)NC(=O)c1ccc(NC(=O)/C=C/c2cc(OC)c3c(c2)OCCO3)cc1. The van der Waals surface area contributed by atoms with Crippen LogP contribution in [0.15, 0.2) is 42.5 Å². The van der Waals surface area contributed by atoms with Crippen LogP contribution in [0.5, 0.6) is 17.2 Å². The van der Waals surface area contributed by atoms with Gasteiger partial charge in [-0.2, -0.15) is 0 Å². The van der Waals surface area contributed by atoms with E-state index in [1.54, 1.807) is 49.6 Å². The fraction of sp³-hybridized carbons (Fsp3) is 0.333. The normalized spacial score (nSPS) is 13.0. The summed E-state index contributed by atoms with van der Waals surface area (Å²) >= 11 is 0. The summed E-state index contributed by atoms with van der Waals surface area (Å²) in [5.74, 6) is 1.28. The summed E-state index contributed by atoms with van der Waals surface area (Å²) in [6.07, 6.45) is 3.93. The van der Waals surface area contributed by atoms with E-state index < -0.39 is 0 Å². The molecule has 2 N–H and O–H groups in total. The van der Waals surface area contributed by atoms with Crippen molar-refractivity contribution in [3.63, 3.8) is 0 Å². The van der Waals surface area contributed by atoms with Crippen molar-refractivity contribution < 1.29 is 23.8 Å². The molecule has 31 heavy (non-hydrogen) atoms. The van der Waals surface area contributed by atoms with Gasteiger partial charge in [-0.25, -0.2) is 0 Å². The summed E-state index contributed by atoms with van der Waals surface area (Å²) in [7, 11) is 1.56. The van der Waals surface area contributed by atoms with Gasteiger partial charge in [0.1, 0.15) is 13.2 Å². The van der Waals surface area contributed by atoms with Gasteiger partial charge in [-0.3, -0.25) is 9.59 Å². The van der Waals surface area contributed by atoms with Crippen LogP contribution >= 0.6 is 0 Å². The van der Waals surface area contributed by atoms with Gasteiger partial charge in [0.05, 0.1) is 7.11 Å². The Morgan fingerprint density at radius 1 is 1.13 bits per heavy atom. The molecule has 3 rings (SSSR count). The lowest BCUT2D eigenvalue weighted by atomic mass is 10.0. The largest absolute Gasteiger partial charge is 0.493 e. The molecule has 0 bridgehead atoms. The van der Waals surface area contributed by atoms with Crippen LogP contribution in [-0.4, -0.2) is 37.7 Å². The van der Waals surface area contributed by atoms with Crippen LogP contribution < -0.4 is 24.8 Å². The number of nitrogens with one attached hydrogen (secondary N) is 2. The maximum atomic E-state index is 12.3. The molecule has 2 amide bonds. The maximum absolute atomic E-state index is 12.3. The van der Waals surface area contributed by atoms with E-state index in [0.29, 0.717) is 41.7 Å². The quantitative estimate of drug-likeness (QED) is 0.656. The Kier molecular flexibility index (Phi) is 6.84. The van der Waals surface area contributed by atoms with E-state index in [4.69, 9.17) is 14.2 Å². The molecule has 0 spiro atoms. The zero-order valence-corrected chi connectivity index (χ0v) is 18.3. The highest BCUT2D eigenvalue weighted by Crippen LogP contribution is 2.40. The van der Waals surface area contributed by atoms with Gasteiger partial charge < -0.3 is 24.8 Å². The molecule has 0 saturated carbocycles. The van der Waals surface area contributed by atoms with E-state index in [1.807, 2.05) is 20.8 Å². The number of methoxy groups -OCH3 is 1. The Morgan fingerprint density at radius 2 is 1.84 bits per heavy atom. The van der Waals surface area contributed by atoms with E-state index in [9.17, 15) is 9.59 Å². The number of rotatable bonds is 7. The van der Waals surface area contributed by atoms with Crippen molar-refractivity contribution in [2.75, 3.05) is 25.6 Å². The van der Waals surface area contributed by atoms with Crippen molar-refractivity contribution >= 4 is 23.6 Å². The third-order valence-electron chi connectivity index (χ3n) is 5.03. The summed E-state index contributed by atoms with van der Waals surface area (Å²) in [5, 5.41) is 5.77. The Morgan fingerprint density at radius 3 is 2.52 bits per heavy atom. The summed E-state index contributed by atoms with van der Waals surface area (Å²) in [6.45, 7) is 6.91. The van der Waals surface area contributed by atoms with E-state index in [0.717, 1.165) is 12.0 Å². The molecule has 7 heteroatoms. The number of amides is 2. The lowest BCUT2D eigenvalue weighted by molar-refractivity contribution is -0.111. The van der Waals surface area contributed by atoms with Crippen molar-refractivity contribution in [3.8, 4) is 17.2 Å². The van der Waals surface area contributed by atoms with Crippen molar-refractivity contribution in [1.29, 1.82) is 0 Å². The zero-order chi connectivity index (χ0) is 22.4. The Labute approximate surface area is 182 Å². The highest BCUT2D eigenvalue weighted by molar-refractivity contribution is 6.02. The van der Waals surface area contributed by atoms with Crippen LogP contribution in [-0.2, 0) is 4.79 Å². The van der Waals surface area contributed by atoms with Crippen LogP contribution in [0.3, 0.4) is 0 Å². The van der Waals surface area contributed by atoms with Gasteiger partial charge in [-0.05, 0) is 68.3 Å². The molecule has 0 aromatic heterocycles. The van der Waals surface area contributed by atoms with E-state index >= 15 is 0 Å². The first kappa shape index (κ1) is 22.2. The molecule has 0 atom stereocenters. The summed E-state index contributed by atoms with van der Waals surface area (Å²) in [5.41, 5.74) is 1.62. The Balaban J connectivity index is 1.63. The molecule has 1 aliphatic rings. The van der Waals surface area contributed by atoms with Crippen molar-refractivity contribution in [2.45, 2.75) is 32.7 Å². The third kappa shape index (κ3) is 5.78. The van der Waals surface area contributed by atoms with Crippen molar-refractivity contribution in [3.05, 3.63) is 53.6 Å². The summed E-state index contributed by atoms with van der Waals surface area (Å²) in [4.78, 5) is 24.6. The molecule has 7 nitrogen and oxygen atoms in total. The van der Waals surface area contributed by atoms with Crippen molar-refractivity contribution in [2.24, 2.45) is 0 Å².